The highest BCUT2D eigenvalue weighted by atomic mass is 35.5. The molecule has 1 aliphatic heterocycles. The van der Waals surface area contributed by atoms with E-state index in [0.29, 0.717) is 34.8 Å². The van der Waals surface area contributed by atoms with Crippen LogP contribution in [0.2, 0.25) is 5.02 Å². The fraction of sp³-hybridized carbons (Fsp3) is 0.333. The fourth-order valence-corrected chi connectivity index (χ4v) is 5.76. The van der Waals surface area contributed by atoms with Gasteiger partial charge >= 0.3 is 0 Å². The van der Waals surface area contributed by atoms with E-state index in [9.17, 15) is 10.1 Å². The van der Waals surface area contributed by atoms with E-state index in [-0.39, 0.29) is 17.1 Å². The van der Waals surface area contributed by atoms with Crippen LogP contribution in [-0.4, -0.2) is 5.78 Å². The van der Waals surface area contributed by atoms with E-state index in [2.05, 4.69) is 39.0 Å². The van der Waals surface area contributed by atoms with Crippen LogP contribution in [0.4, 0.5) is 0 Å². The van der Waals surface area contributed by atoms with E-state index in [1.807, 2.05) is 31.2 Å². The third-order valence-corrected chi connectivity index (χ3v) is 7.63. The van der Waals surface area contributed by atoms with Crippen molar-refractivity contribution in [3.8, 4) is 6.07 Å². The zero-order chi connectivity index (χ0) is 23.9. The Hall–Kier alpha value is -2.68. The van der Waals surface area contributed by atoms with Gasteiger partial charge in [-0.2, -0.15) is 5.26 Å². The number of hydrogen-bond donors (Lipinski definition) is 1. The van der Waals surface area contributed by atoms with Crippen molar-refractivity contribution in [2.75, 3.05) is 0 Å². The lowest BCUT2D eigenvalue weighted by Gasteiger charge is -2.37. The molecule has 0 bridgehead atoms. The topological polar surface area (TPSA) is 76.1 Å². The minimum absolute atomic E-state index is 0.0311. The third-order valence-electron chi connectivity index (χ3n) is 6.32. The normalized spacial score (nSPS) is 19.8. The van der Waals surface area contributed by atoms with Gasteiger partial charge in [-0.3, -0.25) is 4.79 Å². The van der Waals surface area contributed by atoms with E-state index in [1.165, 1.54) is 5.56 Å². The van der Waals surface area contributed by atoms with Crippen molar-refractivity contribution in [1.82, 2.24) is 0 Å². The summed E-state index contributed by atoms with van der Waals surface area (Å²) in [5.74, 6) is 1.00. The number of Topliss-reactive ketones (excluding diaryl/α,β-unsaturated/α-hetero) is 1. The van der Waals surface area contributed by atoms with E-state index in [1.54, 1.807) is 11.8 Å². The van der Waals surface area contributed by atoms with Gasteiger partial charge in [0.05, 0.1) is 5.92 Å². The van der Waals surface area contributed by atoms with Crippen molar-refractivity contribution in [1.29, 1.82) is 5.26 Å². The molecule has 0 amide bonds. The molecule has 2 aliphatic rings. The molecule has 0 radical (unpaired) electrons. The molecule has 1 atom stereocenters. The lowest BCUT2D eigenvalue weighted by molar-refractivity contribution is -0.119. The second-order valence-electron chi connectivity index (χ2n) is 9.58. The standard InChI is InChI=1S/C27H27ClN2O2S/c1-15-9-16(2)20(10-17(15)14-33-19-7-5-18(28)6-8-19)24-21(13-29)26(30)32-23-12-27(3,4)11-22(31)25(23)24/h5-10,24H,11-12,14,30H2,1-4H3/t24-/m0/s1. The summed E-state index contributed by atoms with van der Waals surface area (Å²) in [6.45, 7) is 8.22. The number of carbonyl (C=O) groups is 1. The summed E-state index contributed by atoms with van der Waals surface area (Å²) in [5.41, 5.74) is 11.2. The second-order valence-corrected chi connectivity index (χ2v) is 11.1. The Morgan fingerprint density at radius 3 is 2.55 bits per heavy atom. The molecule has 2 aromatic carbocycles. The SMILES string of the molecule is Cc1cc(C)c([C@H]2C(C#N)=C(N)OC3=C2C(=O)CC(C)(C)C3)cc1CSc1ccc(Cl)cc1. The number of carbonyl (C=O) groups excluding carboxylic acids is 1. The molecule has 0 aromatic heterocycles. The first-order chi connectivity index (χ1) is 15.6. The molecule has 0 fully saturated rings. The number of nitrogens with two attached hydrogens (primary N) is 1. The average molecular weight is 479 g/mol. The maximum atomic E-state index is 13.3. The summed E-state index contributed by atoms with van der Waals surface area (Å²) < 4.78 is 5.84. The Balaban J connectivity index is 1.77. The summed E-state index contributed by atoms with van der Waals surface area (Å²) in [4.78, 5) is 14.4. The van der Waals surface area contributed by atoms with Crippen LogP contribution in [-0.2, 0) is 15.3 Å². The number of aryl methyl sites for hydroxylation is 2. The van der Waals surface area contributed by atoms with E-state index >= 15 is 0 Å². The van der Waals surface area contributed by atoms with Crippen molar-refractivity contribution in [3.63, 3.8) is 0 Å². The smallest absolute Gasteiger partial charge is 0.205 e. The second kappa shape index (κ2) is 8.93. The predicted octanol–water partition coefficient (Wildman–Crippen LogP) is 6.70. The Morgan fingerprint density at radius 2 is 1.88 bits per heavy atom. The number of hydrogen-bond acceptors (Lipinski definition) is 5. The molecule has 0 unspecified atom stereocenters. The van der Waals surface area contributed by atoms with Crippen LogP contribution in [0.5, 0.6) is 0 Å². The van der Waals surface area contributed by atoms with Gasteiger partial charge in [0.15, 0.2) is 5.78 Å². The monoisotopic (exact) mass is 478 g/mol. The maximum absolute atomic E-state index is 13.3. The van der Waals surface area contributed by atoms with Gasteiger partial charge in [0.1, 0.15) is 17.4 Å². The Morgan fingerprint density at radius 1 is 1.18 bits per heavy atom. The number of rotatable bonds is 4. The molecule has 2 N–H and O–H groups in total. The number of ether oxygens (including phenoxy) is 1. The van der Waals surface area contributed by atoms with Crippen molar-refractivity contribution < 1.29 is 9.53 Å². The largest absolute Gasteiger partial charge is 0.444 e. The van der Waals surface area contributed by atoms with Crippen LogP contribution < -0.4 is 5.73 Å². The predicted molar refractivity (Wildman–Crippen MR) is 133 cm³/mol. The molecule has 0 saturated heterocycles. The lowest BCUT2D eigenvalue weighted by Crippen LogP contribution is -2.33. The molecule has 0 saturated carbocycles. The van der Waals surface area contributed by atoms with Gasteiger partial charge in [-0.1, -0.05) is 37.6 Å². The Labute approximate surface area is 204 Å². The van der Waals surface area contributed by atoms with Crippen LogP contribution in [0.15, 0.2) is 64.1 Å². The van der Waals surface area contributed by atoms with Crippen molar-refractivity contribution >= 4 is 29.1 Å². The van der Waals surface area contributed by atoms with Crippen molar-refractivity contribution in [2.45, 2.75) is 57.1 Å². The van der Waals surface area contributed by atoms with Gasteiger partial charge in [0.25, 0.3) is 0 Å². The van der Waals surface area contributed by atoms with E-state index < -0.39 is 5.92 Å². The maximum Gasteiger partial charge on any atom is 0.205 e. The molecular formula is C27H27ClN2O2S. The van der Waals surface area contributed by atoms with Gasteiger partial charge in [0.2, 0.25) is 5.88 Å². The van der Waals surface area contributed by atoms with Crippen LogP contribution in [0.1, 0.15) is 54.9 Å². The Bertz CT molecular complexity index is 1240. The zero-order valence-corrected chi connectivity index (χ0v) is 20.9. The number of nitriles is 1. The summed E-state index contributed by atoms with van der Waals surface area (Å²) in [5, 5.41) is 10.7. The van der Waals surface area contributed by atoms with Gasteiger partial charge in [-0.05, 0) is 65.8 Å². The minimum atomic E-state index is -0.498. The molecular weight excluding hydrogens is 452 g/mol. The number of ketones is 1. The van der Waals surface area contributed by atoms with Gasteiger partial charge in [-0.15, -0.1) is 11.8 Å². The highest BCUT2D eigenvalue weighted by Crippen LogP contribution is 2.48. The first-order valence-corrected chi connectivity index (χ1v) is 12.3. The van der Waals surface area contributed by atoms with Gasteiger partial charge in [0, 0.05) is 34.1 Å². The fourth-order valence-electron chi connectivity index (χ4n) is 4.67. The van der Waals surface area contributed by atoms with Gasteiger partial charge < -0.3 is 10.5 Å². The quantitative estimate of drug-likeness (QED) is 0.494. The number of benzene rings is 2. The molecule has 170 valence electrons. The summed E-state index contributed by atoms with van der Waals surface area (Å²) in [7, 11) is 0. The van der Waals surface area contributed by atoms with Crippen molar-refractivity contribution in [3.05, 3.63) is 86.5 Å². The van der Waals surface area contributed by atoms with Crippen molar-refractivity contribution in [2.24, 2.45) is 11.1 Å². The van der Waals surface area contributed by atoms with E-state index in [4.69, 9.17) is 22.1 Å². The molecule has 1 aliphatic carbocycles. The Kier molecular flexibility index (Phi) is 6.35. The number of nitrogens with zero attached hydrogens (tertiary/aromatic N) is 1. The molecule has 1 heterocycles. The van der Waals surface area contributed by atoms with Crippen LogP contribution in [0, 0.1) is 30.6 Å². The number of thioether (sulfide) groups is 1. The first-order valence-electron chi connectivity index (χ1n) is 10.9. The molecule has 6 heteroatoms. The average Bonchev–Trinajstić information content (AvgIpc) is 2.72. The summed E-state index contributed by atoms with van der Waals surface area (Å²) >= 11 is 7.73. The first kappa shape index (κ1) is 23.5. The number of allylic oxidation sites excluding steroid dienone is 3. The minimum Gasteiger partial charge on any atom is -0.444 e. The lowest BCUT2D eigenvalue weighted by atomic mass is 9.69. The van der Waals surface area contributed by atoms with Crippen LogP contribution in [0.25, 0.3) is 0 Å². The third kappa shape index (κ3) is 4.69. The zero-order valence-electron chi connectivity index (χ0n) is 19.3. The molecule has 4 rings (SSSR count). The van der Waals surface area contributed by atoms with Gasteiger partial charge in [-0.25, -0.2) is 0 Å². The van der Waals surface area contributed by atoms with Crippen LogP contribution in [0.3, 0.4) is 0 Å². The number of halogens is 1. The van der Waals surface area contributed by atoms with E-state index in [0.717, 1.165) is 27.3 Å². The summed E-state index contributed by atoms with van der Waals surface area (Å²) in [6, 6.07) is 14.3. The highest BCUT2D eigenvalue weighted by Gasteiger charge is 2.43. The molecule has 2 aromatic rings. The molecule has 4 nitrogen and oxygen atoms in total. The summed E-state index contributed by atoms with van der Waals surface area (Å²) in [6.07, 6.45) is 1.04. The molecule has 33 heavy (non-hydrogen) atoms. The highest BCUT2D eigenvalue weighted by molar-refractivity contribution is 7.98. The molecule has 0 spiro atoms. The van der Waals surface area contributed by atoms with Crippen LogP contribution >= 0.6 is 23.4 Å².